The van der Waals surface area contributed by atoms with Crippen molar-refractivity contribution in [2.45, 2.75) is 39.5 Å². The molecule has 2 bridgehead atoms. The molecule has 0 aromatic rings. The van der Waals surface area contributed by atoms with Crippen molar-refractivity contribution in [3.63, 3.8) is 0 Å². The van der Waals surface area contributed by atoms with Crippen molar-refractivity contribution >= 4 is 5.97 Å². The van der Waals surface area contributed by atoms with Gasteiger partial charge in [-0.25, -0.2) is 0 Å². The van der Waals surface area contributed by atoms with Crippen molar-refractivity contribution in [1.82, 2.24) is 0 Å². The van der Waals surface area contributed by atoms with Crippen LogP contribution in [-0.4, -0.2) is 5.97 Å². The second-order valence-corrected chi connectivity index (χ2v) is 5.43. The van der Waals surface area contributed by atoms with Gasteiger partial charge in [0.1, 0.15) is 5.76 Å². The second kappa shape index (κ2) is 2.41. The van der Waals surface area contributed by atoms with Crippen LogP contribution < -0.4 is 0 Å². The smallest absolute Gasteiger partial charge is 0.311 e. The third-order valence-electron chi connectivity index (χ3n) is 4.52. The van der Waals surface area contributed by atoms with Crippen LogP contribution in [0.25, 0.3) is 0 Å². The van der Waals surface area contributed by atoms with Gasteiger partial charge in [-0.1, -0.05) is 13.8 Å². The Kier molecular flexibility index (Phi) is 1.47. The number of allylic oxidation sites excluding steroid dienone is 2. The Morgan fingerprint density at radius 2 is 2.14 bits per heavy atom. The molecule has 2 nitrogen and oxygen atoms in total. The molecule has 1 heterocycles. The van der Waals surface area contributed by atoms with Crippen LogP contribution in [0.5, 0.6) is 0 Å². The quantitative estimate of drug-likeness (QED) is 0.551. The average Bonchev–Trinajstić information content (AvgIpc) is 2.16. The van der Waals surface area contributed by atoms with Crippen LogP contribution in [0.15, 0.2) is 11.3 Å². The van der Waals surface area contributed by atoms with Gasteiger partial charge >= 0.3 is 5.97 Å². The van der Waals surface area contributed by atoms with Crippen molar-refractivity contribution in [2.75, 3.05) is 0 Å². The number of hydrogen-bond acceptors (Lipinski definition) is 2. The fourth-order valence-corrected chi connectivity index (χ4v) is 3.35. The van der Waals surface area contributed by atoms with E-state index < -0.39 is 0 Å². The van der Waals surface area contributed by atoms with Crippen molar-refractivity contribution < 1.29 is 9.53 Å². The summed E-state index contributed by atoms with van der Waals surface area (Å²) in [4.78, 5) is 11.1. The number of rotatable bonds is 0. The first-order chi connectivity index (χ1) is 6.59. The molecule has 0 spiro atoms. The van der Waals surface area contributed by atoms with E-state index in [1.165, 1.54) is 12.0 Å². The topological polar surface area (TPSA) is 26.3 Å². The minimum absolute atomic E-state index is 0.0251. The SMILES string of the molecule is CC1(C)C2CC3=C(CCC(=O)O3)C1C2. The molecule has 4 rings (SSSR count). The Morgan fingerprint density at radius 3 is 2.86 bits per heavy atom. The molecule has 0 N–H and O–H groups in total. The molecule has 14 heavy (non-hydrogen) atoms. The van der Waals surface area contributed by atoms with Gasteiger partial charge in [0, 0.05) is 12.8 Å². The van der Waals surface area contributed by atoms with Gasteiger partial charge in [-0.3, -0.25) is 4.79 Å². The Bertz CT molecular complexity index is 338. The van der Waals surface area contributed by atoms with Gasteiger partial charge in [-0.15, -0.1) is 0 Å². The molecule has 3 aliphatic carbocycles. The van der Waals surface area contributed by atoms with Crippen molar-refractivity contribution in [3.05, 3.63) is 11.3 Å². The highest BCUT2D eigenvalue weighted by Gasteiger charge is 2.54. The van der Waals surface area contributed by atoms with E-state index in [1.54, 1.807) is 0 Å². The maximum atomic E-state index is 11.1. The Morgan fingerprint density at radius 1 is 1.36 bits per heavy atom. The van der Waals surface area contributed by atoms with Gasteiger partial charge in [-0.2, -0.15) is 0 Å². The lowest BCUT2D eigenvalue weighted by Crippen LogP contribution is -2.50. The molecule has 0 saturated heterocycles. The van der Waals surface area contributed by atoms with E-state index in [9.17, 15) is 4.79 Å². The molecule has 0 aromatic heterocycles. The first-order valence-electron chi connectivity index (χ1n) is 5.51. The molecule has 2 heteroatoms. The van der Waals surface area contributed by atoms with Crippen LogP contribution in [-0.2, 0) is 9.53 Å². The predicted molar refractivity (Wildman–Crippen MR) is 52.3 cm³/mol. The van der Waals surface area contributed by atoms with Crippen molar-refractivity contribution in [3.8, 4) is 0 Å². The van der Waals surface area contributed by atoms with Gasteiger partial charge in [0.2, 0.25) is 0 Å². The van der Waals surface area contributed by atoms with Gasteiger partial charge < -0.3 is 4.74 Å². The summed E-state index contributed by atoms with van der Waals surface area (Å²) in [5.41, 5.74) is 1.92. The van der Waals surface area contributed by atoms with E-state index >= 15 is 0 Å². The Hall–Kier alpha value is -0.790. The van der Waals surface area contributed by atoms with E-state index in [0.717, 1.165) is 24.5 Å². The lowest BCUT2D eigenvalue weighted by atomic mass is 9.48. The number of carbonyl (C=O) groups excluding carboxylic acids is 1. The van der Waals surface area contributed by atoms with Gasteiger partial charge in [0.15, 0.2) is 0 Å². The fraction of sp³-hybridized carbons (Fsp3) is 0.750. The summed E-state index contributed by atoms with van der Waals surface area (Å²) in [7, 11) is 0. The molecular weight excluding hydrogens is 176 g/mol. The maximum Gasteiger partial charge on any atom is 0.311 e. The number of esters is 1. The standard InChI is InChI=1S/C12H16O2/c1-12(2)7-5-9(12)8-3-4-11(13)14-10(8)6-7/h7,9H,3-6H2,1-2H3. The Balaban J connectivity index is 1.97. The van der Waals surface area contributed by atoms with E-state index in [2.05, 4.69) is 13.8 Å². The van der Waals surface area contributed by atoms with Crippen LogP contribution in [0.3, 0.4) is 0 Å². The fourth-order valence-electron chi connectivity index (χ4n) is 3.35. The van der Waals surface area contributed by atoms with Gasteiger partial charge in [0.05, 0.1) is 0 Å². The number of hydrogen-bond donors (Lipinski definition) is 0. The zero-order valence-electron chi connectivity index (χ0n) is 8.80. The molecule has 2 unspecified atom stereocenters. The predicted octanol–water partition coefficient (Wildman–Crippen LogP) is 2.64. The molecule has 1 saturated carbocycles. The molecule has 1 fully saturated rings. The third-order valence-corrected chi connectivity index (χ3v) is 4.52. The summed E-state index contributed by atoms with van der Waals surface area (Å²) in [5, 5.41) is 0. The summed E-state index contributed by atoms with van der Waals surface area (Å²) < 4.78 is 5.33. The summed E-state index contributed by atoms with van der Waals surface area (Å²) in [6, 6.07) is 0. The minimum atomic E-state index is -0.0251. The summed E-state index contributed by atoms with van der Waals surface area (Å²) >= 11 is 0. The van der Waals surface area contributed by atoms with Crippen LogP contribution in [0.4, 0.5) is 0 Å². The van der Waals surface area contributed by atoms with Crippen molar-refractivity contribution in [1.29, 1.82) is 0 Å². The normalized spacial score (nSPS) is 38.6. The van der Waals surface area contributed by atoms with E-state index in [0.29, 0.717) is 17.8 Å². The average molecular weight is 192 g/mol. The number of carbonyl (C=O) groups is 1. The molecular formula is C12H16O2. The molecule has 76 valence electrons. The molecule has 4 aliphatic rings. The molecule has 0 amide bonds. The van der Waals surface area contributed by atoms with Crippen LogP contribution in [0, 0.1) is 17.3 Å². The van der Waals surface area contributed by atoms with Gasteiger partial charge in [-0.05, 0) is 35.7 Å². The lowest BCUT2D eigenvalue weighted by Gasteiger charge is -2.58. The van der Waals surface area contributed by atoms with Crippen molar-refractivity contribution in [2.24, 2.45) is 17.3 Å². The summed E-state index contributed by atoms with van der Waals surface area (Å²) in [5.74, 6) is 2.45. The van der Waals surface area contributed by atoms with E-state index in [4.69, 9.17) is 4.74 Å². The minimum Gasteiger partial charge on any atom is -0.431 e. The first kappa shape index (κ1) is 8.51. The summed E-state index contributed by atoms with van der Waals surface area (Å²) in [6.07, 6.45) is 3.87. The monoisotopic (exact) mass is 192 g/mol. The Labute approximate surface area is 84.3 Å². The second-order valence-electron chi connectivity index (χ2n) is 5.43. The van der Waals surface area contributed by atoms with Gasteiger partial charge in [0.25, 0.3) is 0 Å². The highest BCUT2D eigenvalue weighted by Crippen LogP contribution is 2.62. The largest absolute Gasteiger partial charge is 0.431 e. The first-order valence-corrected chi connectivity index (χ1v) is 5.51. The van der Waals surface area contributed by atoms with Crippen LogP contribution in [0.1, 0.15) is 39.5 Å². The van der Waals surface area contributed by atoms with E-state index in [1.807, 2.05) is 0 Å². The van der Waals surface area contributed by atoms with E-state index in [-0.39, 0.29) is 5.97 Å². The highest BCUT2D eigenvalue weighted by atomic mass is 16.5. The maximum absolute atomic E-state index is 11.1. The molecule has 0 radical (unpaired) electrons. The lowest BCUT2D eigenvalue weighted by molar-refractivity contribution is -0.144. The zero-order chi connectivity index (χ0) is 9.92. The van der Waals surface area contributed by atoms with Crippen LogP contribution in [0.2, 0.25) is 0 Å². The number of ether oxygens (including phenoxy) is 1. The summed E-state index contributed by atoms with van der Waals surface area (Å²) in [6.45, 7) is 4.71. The van der Waals surface area contributed by atoms with Crippen LogP contribution >= 0.6 is 0 Å². The molecule has 1 aliphatic heterocycles. The third kappa shape index (κ3) is 0.891. The molecule has 0 aromatic carbocycles. The highest BCUT2D eigenvalue weighted by molar-refractivity contribution is 5.72. The zero-order valence-corrected chi connectivity index (χ0v) is 8.80. The molecule has 2 atom stereocenters.